The van der Waals surface area contributed by atoms with Crippen LogP contribution in [0, 0.1) is 5.82 Å². The summed E-state index contributed by atoms with van der Waals surface area (Å²) in [6.07, 6.45) is 6.69. The van der Waals surface area contributed by atoms with Gasteiger partial charge in [0.25, 0.3) is 0 Å². The van der Waals surface area contributed by atoms with Crippen molar-refractivity contribution in [3.05, 3.63) is 95.6 Å². The van der Waals surface area contributed by atoms with Crippen LogP contribution in [0.4, 0.5) is 10.1 Å². The Bertz CT molecular complexity index is 880. The first-order valence-electron chi connectivity index (χ1n) is 9.97. The Kier molecular flexibility index (Phi) is 5.98. The molecule has 1 N–H and O–H groups in total. The molecule has 144 valence electrons. The maximum atomic E-state index is 13.3. The Morgan fingerprint density at radius 2 is 1.71 bits per heavy atom. The van der Waals surface area contributed by atoms with Crippen molar-refractivity contribution < 1.29 is 4.39 Å². The molecular formula is C24H26FN3. The summed E-state index contributed by atoms with van der Waals surface area (Å²) in [4.78, 5) is 6.64. The number of nitrogens with one attached hydrogen (secondary N) is 1. The highest BCUT2D eigenvalue weighted by molar-refractivity contribution is 5.40. The van der Waals surface area contributed by atoms with E-state index in [0.717, 1.165) is 44.6 Å². The van der Waals surface area contributed by atoms with E-state index in [-0.39, 0.29) is 5.82 Å². The van der Waals surface area contributed by atoms with Crippen molar-refractivity contribution in [3.8, 4) is 0 Å². The molecule has 1 aromatic heterocycles. The monoisotopic (exact) mass is 375 g/mol. The lowest BCUT2D eigenvalue weighted by Crippen LogP contribution is -2.42. The highest BCUT2D eigenvalue weighted by atomic mass is 19.1. The second-order valence-electron chi connectivity index (χ2n) is 7.44. The molecule has 3 nitrogen and oxygen atoms in total. The third kappa shape index (κ3) is 4.76. The summed E-state index contributed by atoms with van der Waals surface area (Å²) < 4.78 is 13.3. The van der Waals surface area contributed by atoms with Gasteiger partial charge in [0.15, 0.2) is 0 Å². The normalized spacial score (nSPS) is 16.5. The summed E-state index contributed by atoms with van der Waals surface area (Å²) in [5, 5.41) is 3.47. The number of halogens is 1. The van der Waals surface area contributed by atoms with Gasteiger partial charge in [-0.2, -0.15) is 0 Å². The number of aromatic nitrogens is 1. The van der Waals surface area contributed by atoms with Crippen molar-refractivity contribution in [2.75, 3.05) is 18.4 Å². The molecular weight excluding hydrogens is 349 g/mol. The van der Waals surface area contributed by atoms with Crippen LogP contribution in [-0.2, 0) is 19.4 Å². The number of benzene rings is 2. The first-order chi connectivity index (χ1) is 13.8. The van der Waals surface area contributed by atoms with Gasteiger partial charge in [-0.1, -0.05) is 36.4 Å². The number of fused-ring (bicyclic) bond motifs is 1. The lowest BCUT2D eigenvalue weighted by Gasteiger charge is -2.37. The van der Waals surface area contributed by atoms with Crippen molar-refractivity contribution in [2.24, 2.45) is 0 Å². The summed E-state index contributed by atoms with van der Waals surface area (Å²) in [6, 6.07) is 20.1. The van der Waals surface area contributed by atoms with Gasteiger partial charge in [0, 0.05) is 43.8 Å². The van der Waals surface area contributed by atoms with Gasteiger partial charge in [0.05, 0.1) is 0 Å². The van der Waals surface area contributed by atoms with Gasteiger partial charge < -0.3 is 5.32 Å². The Hall–Kier alpha value is -2.72. The van der Waals surface area contributed by atoms with Crippen LogP contribution in [0.1, 0.15) is 23.1 Å². The fourth-order valence-corrected chi connectivity index (χ4v) is 3.98. The van der Waals surface area contributed by atoms with E-state index >= 15 is 0 Å². The lowest BCUT2D eigenvalue weighted by atomic mass is 9.90. The zero-order chi connectivity index (χ0) is 19.2. The largest absolute Gasteiger partial charge is 0.385 e. The van der Waals surface area contributed by atoms with Gasteiger partial charge in [-0.25, -0.2) is 4.39 Å². The summed E-state index contributed by atoms with van der Waals surface area (Å²) in [7, 11) is 0. The number of hydrogen-bond donors (Lipinski definition) is 1. The molecule has 0 spiro atoms. The topological polar surface area (TPSA) is 28.2 Å². The van der Waals surface area contributed by atoms with Crippen molar-refractivity contribution in [1.29, 1.82) is 0 Å². The van der Waals surface area contributed by atoms with Gasteiger partial charge in [0.2, 0.25) is 0 Å². The fraction of sp³-hybridized carbons (Fsp3) is 0.292. The maximum absolute atomic E-state index is 13.3. The molecule has 4 rings (SSSR count). The Balaban J connectivity index is 1.40. The van der Waals surface area contributed by atoms with E-state index in [1.165, 1.54) is 16.7 Å². The van der Waals surface area contributed by atoms with E-state index in [2.05, 4.69) is 39.5 Å². The minimum atomic E-state index is -0.170. The van der Waals surface area contributed by atoms with Crippen LogP contribution >= 0.6 is 0 Å². The molecule has 3 aromatic rings. The molecule has 28 heavy (non-hydrogen) atoms. The standard InChI is InChI=1S/C24H26FN3/c25-22-8-6-19(7-9-22)16-24-17-20-4-1-2-5-21(20)18-28(24)15-3-12-27-23-10-13-26-14-11-23/h1-2,4-11,13-14,24H,3,12,15-18H2,(H,26,27). The van der Waals surface area contributed by atoms with E-state index in [9.17, 15) is 4.39 Å². The van der Waals surface area contributed by atoms with Crippen LogP contribution in [0.5, 0.6) is 0 Å². The molecule has 0 saturated heterocycles. The van der Waals surface area contributed by atoms with Crippen LogP contribution in [-0.4, -0.2) is 29.0 Å². The number of hydrogen-bond acceptors (Lipinski definition) is 3. The highest BCUT2D eigenvalue weighted by Crippen LogP contribution is 2.25. The average molecular weight is 375 g/mol. The molecule has 0 fully saturated rings. The Morgan fingerprint density at radius 1 is 0.964 bits per heavy atom. The second kappa shape index (κ2) is 8.98. The van der Waals surface area contributed by atoms with Crippen molar-refractivity contribution >= 4 is 5.69 Å². The molecule has 2 aromatic carbocycles. The van der Waals surface area contributed by atoms with Crippen LogP contribution < -0.4 is 5.32 Å². The van der Waals surface area contributed by atoms with Crippen LogP contribution in [0.3, 0.4) is 0 Å². The van der Waals surface area contributed by atoms with Gasteiger partial charge in [-0.05, 0) is 60.2 Å². The minimum absolute atomic E-state index is 0.170. The number of rotatable bonds is 7. The third-order valence-corrected chi connectivity index (χ3v) is 5.48. The van der Waals surface area contributed by atoms with Gasteiger partial charge in [-0.3, -0.25) is 9.88 Å². The second-order valence-corrected chi connectivity index (χ2v) is 7.44. The Labute approximate surface area is 166 Å². The SMILES string of the molecule is Fc1ccc(CC2Cc3ccccc3CN2CCCNc2ccncc2)cc1. The van der Waals surface area contributed by atoms with Crippen molar-refractivity contribution in [2.45, 2.75) is 31.8 Å². The minimum Gasteiger partial charge on any atom is -0.385 e. The van der Waals surface area contributed by atoms with E-state index in [1.54, 1.807) is 12.1 Å². The number of pyridine rings is 1. The molecule has 1 atom stereocenters. The molecule has 4 heteroatoms. The molecule has 2 heterocycles. The maximum Gasteiger partial charge on any atom is 0.123 e. The van der Waals surface area contributed by atoms with E-state index in [0.29, 0.717) is 6.04 Å². The first-order valence-corrected chi connectivity index (χ1v) is 9.97. The zero-order valence-electron chi connectivity index (χ0n) is 16.0. The van der Waals surface area contributed by atoms with E-state index in [4.69, 9.17) is 0 Å². The van der Waals surface area contributed by atoms with E-state index < -0.39 is 0 Å². The van der Waals surface area contributed by atoms with Gasteiger partial charge in [-0.15, -0.1) is 0 Å². The Morgan fingerprint density at radius 3 is 2.50 bits per heavy atom. The zero-order valence-corrected chi connectivity index (χ0v) is 16.0. The third-order valence-electron chi connectivity index (χ3n) is 5.48. The number of anilines is 1. The quantitative estimate of drug-likeness (QED) is 0.607. The predicted octanol–water partition coefficient (Wildman–Crippen LogP) is 4.69. The van der Waals surface area contributed by atoms with Crippen LogP contribution in [0.2, 0.25) is 0 Å². The van der Waals surface area contributed by atoms with Crippen molar-refractivity contribution in [1.82, 2.24) is 9.88 Å². The smallest absolute Gasteiger partial charge is 0.123 e. The summed E-state index contributed by atoms with van der Waals surface area (Å²) >= 11 is 0. The van der Waals surface area contributed by atoms with Crippen LogP contribution in [0.25, 0.3) is 0 Å². The molecule has 0 saturated carbocycles. The average Bonchev–Trinajstić information content (AvgIpc) is 2.74. The predicted molar refractivity (Wildman–Crippen MR) is 112 cm³/mol. The summed E-state index contributed by atoms with van der Waals surface area (Å²) in [5.74, 6) is -0.170. The van der Waals surface area contributed by atoms with Gasteiger partial charge in [0.1, 0.15) is 5.82 Å². The molecule has 0 aliphatic carbocycles. The molecule has 0 radical (unpaired) electrons. The van der Waals surface area contributed by atoms with E-state index in [1.807, 2.05) is 36.7 Å². The molecule has 0 amide bonds. The molecule has 1 unspecified atom stereocenters. The van der Waals surface area contributed by atoms with Gasteiger partial charge >= 0.3 is 0 Å². The van der Waals surface area contributed by atoms with Crippen LogP contribution in [0.15, 0.2) is 73.1 Å². The number of nitrogens with zero attached hydrogens (tertiary/aromatic N) is 2. The molecule has 0 bridgehead atoms. The highest BCUT2D eigenvalue weighted by Gasteiger charge is 2.25. The summed E-state index contributed by atoms with van der Waals surface area (Å²) in [5.41, 5.74) is 5.19. The first kappa shape index (κ1) is 18.6. The summed E-state index contributed by atoms with van der Waals surface area (Å²) in [6.45, 7) is 2.96. The molecule has 1 aliphatic rings. The fourth-order valence-electron chi connectivity index (χ4n) is 3.98. The van der Waals surface area contributed by atoms with Crippen molar-refractivity contribution in [3.63, 3.8) is 0 Å². The molecule has 1 aliphatic heterocycles. The lowest BCUT2D eigenvalue weighted by molar-refractivity contribution is 0.169.